The lowest BCUT2D eigenvalue weighted by Crippen LogP contribution is -2.36. The number of ether oxygens (including phenoxy) is 1. The molecule has 1 aliphatic rings. The third-order valence-corrected chi connectivity index (χ3v) is 2.61. The van der Waals surface area contributed by atoms with Crippen LogP contribution in [0.3, 0.4) is 0 Å². The first-order valence-electron chi connectivity index (χ1n) is 4.97. The number of hydrogen-bond donors (Lipinski definition) is 1. The molecule has 13 heavy (non-hydrogen) atoms. The first kappa shape index (κ1) is 10.7. The lowest BCUT2D eigenvalue weighted by molar-refractivity contribution is -0.0296. The van der Waals surface area contributed by atoms with Crippen LogP contribution in [0.15, 0.2) is 11.6 Å². The summed E-state index contributed by atoms with van der Waals surface area (Å²) in [5.74, 6) is 0. The molecule has 2 nitrogen and oxygen atoms in total. The summed E-state index contributed by atoms with van der Waals surface area (Å²) >= 11 is 0. The van der Waals surface area contributed by atoms with Gasteiger partial charge in [0.15, 0.2) is 0 Å². The minimum Gasteiger partial charge on any atom is -0.386 e. The van der Waals surface area contributed by atoms with E-state index in [1.165, 1.54) is 5.57 Å². The van der Waals surface area contributed by atoms with Crippen molar-refractivity contribution in [2.75, 3.05) is 7.11 Å². The predicted octanol–water partition coefficient (Wildman–Crippen LogP) is 2.27. The zero-order chi connectivity index (χ0) is 9.90. The molecule has 0 aromatic carbocycles. The number of aliphatic hydroxyl groups is 1. The quantitative estimate of drug-likeness (QED) is 0.667. The maximum absolute atomic E-state index is 10.2. The van der Waals surface area contributed by atoms with E-state index in [1.807, 2.05) is 19.9 Å². The van der Waals surface area contributed by atoms with Crippen molar-refractivity contribution in [1.82, 2.24) is 0 Å². The Kier molecular flexibility index (Phi) is 3.51. The summed E-state index contributed by atoms with van der Waals surface area (Å²) in [6, 6.07) is 0. The molecule has 0 spiro atoms. The van der Waals surface area contributed by atoms with Crippen LogP contribution in [0, 0.1) is 0 Å². The smallest absolute Gasteiger partial charge is 0.0854 e. The number of hydrogen-bond acceptors (Lipinski definition) is 2. The Morgan fingerprint density at radius 1 is 1.54 bits per heavy atom. The van der Waals surface area contributed by atoms with Gasteiger partial charge in [0.1, 0.15) is 0 Å². The molecule has 0 aromatic heterocycles. The van der Waals surface area contributed by atoms with E-state index in [1.54, 1.807) is 7.11 Å². The Morgan fingerprint density at radius 3 is 2.77 bits per heavy atom. The van der Waals surface area contributed by atoms with Crippen molar-refractivity contribution in [2.24, 2.45) is 0 Å². The summed E-state index contributed by atoms with van der Waals surface area (Å²) < 4.78 is 5.28. The monoisotopic (exact) mass is 184 g/mol. The second-order valence-corrected chi connectivity index (χ2v) is 4.28. The normalized spacial score (nSPS) is 34.3. The van der Waals surface area contributed by atoms with E-state index in [-0.39, 0.29) is 6.10 Å². The summed E-state index contributed by atoms with van der Waals surface area (Å²) in [6.07, 6.45) is 5.95. The summed E-state index contributed by atoms with van der Waals surface area (Å²) in [7, 11) is 1.72. The van der Waals surface area contributed by atoms with Gasteiger partial charge in [0.05, 0.1) is 11.7 Å². The van der Waals surface area contributed by atoms with Gasteiger partial charge in [0, 0.05) is 13.5 Å². The third-order valence-electron chi connectivity index (χ3n) is 2.61. The van der Waals surface area contributed by atoms with Crippen LogP contribution in [0.5, 0.6) is 0 Å². The van der Waals surface area contributed by atoms with Gasteiger partial charge in [-0.25, -0.2) is 0 Å². The SMILES string of the molecule is COC1CCCC(O)(C=C(C)C)C1. The number of rotatable bonds is 2. The van der Waals surface area contributed by atoms with Crippen molar-refractivity contribution in [2.45, 2.75) is 51.2 Å². The van der Waals surface area contributed by atoms with Crippen molar-refractivity contribution in [3.63, 3.8) is 0 Å². The lowest BCUT2D eigenvalue weighted by Gasteiger charge is -2.34. The van der Waals surface area contributed by atoms with Gasteiger partial charge in [-0.2, -0.15) is 0 Å². The highest BCUT2D eigenvalue weighted by atomic mass is 16.5. The van der Waals surface area contributed by atoms with Crippen LogP contribution in [0.1, 0.15) is 39.5 Å². The summed E-state index contributed by atoms with van der Waals surface area (Å²) in [4.78, 5) is 0. The molecule has 0 radical (unpaired) electrons. The van der Waals surface area contributed by atoms with Gasteiger partial charge in [0.25, 0.3) is 0 Å². The molecule has 0 saturated heterocycles. The van der Waals surface area contributed by atoms with Crippen LogP contribution in [-0.2, 0) is 4.74 Å². The molecule has 0 aliphatic heterocycles. The molecule has 76 valence electrons. The maximum atomic E-state index is 10.2. The molecule has 1 rings (SSSR count). The molecule has 0 amide bonds. The largest absolute Gasteiger partial charge is 0.386 e. The van der Waals surface area contributed by atoms with Gasteiger partial charge < -0.3 is 9.84 Å². The third kappa shape index (κ3) is 3.12. The van der Waals surface area contributed by atoms with Crippen molar-refractivity contribution in [3.05, 3.63) is 11.6 Å². The lowest BCUT2D eigenvalue weighted by atomic mass is 9.82. The molecule has 0 bridgehead atoms. The standard InChI is InChI=1S/C11H20O2/c1-9(2)7-11(12)6-4-5-10(8-11)13-3/h7,10,12H,4-6,8H2,1-3H3. The Balaban J connectivity index is 2.62. The van der Waals surface area contributed by atoms with Gasteiger partial charge in [-0.1, -0.05) is 11.6 Å². The van der Waals surface area contributed by atoms with Gasteiger partial charge in [-0.3, -0.25) is 0 Å². The van der Waals surface area contributed by atoms with Crippen LogP contribution in [0.2, 0.25) is 0 Å². The van der Waals surface area contributed by atoms with Crippen molar-refractivity contribution < 1.29 is 9.84 Å². The van der Waals surface area contributed by atoms with Crippen LogP contribution < -0.4 is 0 Å². The molecule has 0 aromatic rings. The van der Waals surface area contributed by atoms with Gasteiger partial charge in [0.2, 0.25) is 0 Å². The molecule has 2 unspecified atom stereocenters. The Labute approximate surface area is 80.6 Å². The molecule has 1 saturated carbocycles. The Hall–Kier alpha value is -0.340. The van der Waals surface area contributed by atoms with Crippen LogP contribution in [-0.4, -0.2) is 23.9 Å². The molecule has 0 heterocycles. The molecule has 1 fully saturated rings. The molecular weight excluding hydrogens is 164 g/mol. The zero-order valence-electron chi connectivity index (χ0n) is 8.84. The van der Waals surface area contributed by atoms with E-state index in [0.29, 0.717) is 0 Å². The summed E-state index contributed by atoms with van der Waals surface area (Å²) in [5.41, 5.74) is 0.567. The van der Waals surface area contributed by atoms with Gasteiger partial charge >= 0.3 is 0 Å². The fourth-order valence-electron chi connectivity index (χ4n) is 2.10. The molecular formula is C11H20O2. The minimum atomic E-state index is -0.613. The van der Waals surface area contributed by atoms with Gasteiger partial charge in [-0.15, -0.1) is 0 Å². The highest BCUT2D eigenvalue weighted by Crippen LogP contribution is 2.31. The van der Waals surface area contributed by atoms with Crippen LogP contribution in [0.4, 0.5) is 0 Å². The van der Waals surface area contributed by atoms with E-state index in [2.05, 4.69) is 0 Å². The van der Waals surface area contributed by atoms with E-state index < -0.39 is 5.60 Å². The molecule has 1 N–H and O–H groups in total. The van der Waals surface area contributed by atoms with E-state index >= 15 is 0 Å². The number of allylic oxidation sites excluding steroid dienone is 1. The fourth-order valence-corrected chi connectivity index (χ4v) is 2.10. The van der Waals surface area contributed by atoms with Gasteiger partial charge in [-0.05, 0) is 33.1 Å². The highest BCUT2D eigenvalue weighted by Gasteiger charge is 2.32. The molecule has 1 aliphatic carbocycles. The average Bonchev–Trinajstić information content (AvgIpc) is 2.02. The Bertz CT molecular complexity index is 194. The highest BCUT2D eigenvalue weighted by molar-refractivity contribution is 5.09. The van der Waals surface area contributed by atoms with Crippen molar-refractivity contribution in [3.8, 4) is 0 Å². The summed E-state index contributed by atoms with van der Waals surface area (Å²) in [5, 5.41) is 10.2. The first-order valence-corrected chi connectivity index (χ1v) is 4.97. The maximum Gasteiger partial charge on any atom is 0.0854 e. The van der Waals surface area contributed by atoms with Crippen LogP contribution in [0.25, 0.3) is 0 Å². The van der Waals surface area contributed by atoms with E-state index in [0.717, 1.165) is 25.7 Å². The minimum absolute atomic E-state index is 0.231. The first-order chi connectivity index (χ1) is 6.06. The molecule has 2 heteroatoms. The van der Waals surface area contributed by atoms with Crippen LogP contribution >= 0.6 is 0 Å². The second-order valence-electron chi connectivity index (χ2n) is 4.28. The van der Waals surface area contributed by atoms with Crippen molar-refractivity contribution >= 4 is 0 Å². The topological polar surface area (TPSA) is 29.5 Å². The second kappa shape index (κ2) is 4.25. The van der Waals surface area contributed by atoms with E-state index in [4.69, 9.17) is 4.74 Å². The van der Waals surface area contributed by atoms with E-state index in [9.17, 15) is 5.11 Å². The fraction of sp³-hybridized carbons (Fsp3) is 0.818. The predicted molar refractivity (Wildman–Crippen MR) is 53.6 cm³/mol. The zero-order valence-corrected chi connectivity index (χ0v) is 8.84. The average molecular weight is 184 g/mol. The Morgan fingerprint density at radius 2 is 2.23 bits per heavy atom. The summed E-state index contributed by atoms with van der Waals surface area (Å²) in [6.45, 7) is 4.04. The van der Waals surface area contributed by atoms with Crippen molar-refractivity contribution in [1.29, 1.82) is 0 Å². The molecule has 2 atom stereocenters. The number of methoxy groups -OCH3 is 1.